The first-order valence-corrected chi connectivity index (χ1v) is 9.55. The Bertz CT molecular complexity index is 676. The van der Waals surface area contributed by atoms with Crippen LogP contribution in [0.4, 0.5) is 0 Å². The summed E-state index contributed by atoms with van der Waals surface area (Å²) < 4.78 is 0. The van der Waals surface area contributed by atoms with Gasteiger partial charge in [-0.25, -0.2) is 4.98 Å². The number of piperidine rings is 1. The second kappa shape index (κ2) is 8.92. The summed E-state index contributed by atoms with van der Waals surface area (Å²) in [7, 11) is 1.82. The Morgan fingerprint density at radius 3 is 2.80 bits per heavy atom. The molecule has 2 N–H and O–H groups in total. The standard InChI is InChI=1S/C18H26N6S/c1-14-11-21-17(25-14)12-22-18(19-2)23-15-6-9-24(10-7-15)13-16-5-3-4-8-20-16/h3-5,8,11,15H,6-7,9-10,12-13H2,1-2H3,(H2,19,22,23). The first-order valence-electron chi connectivity index (χ1n) is 8.73. The minimum Gasteiger partial charge on any atom is -0.354 e. The molecule has 1 aliphatic heterocycles. The third-order valence-electron chi connectivity index (χ3n) is 4.34. The van der Waals surface area contributed by atoms with Gasteiger partial charge >= 0.3 is 0 Å². The largest absolute Gasteiger partial charge is 0.354 e. The van der Waals surface area contributed by atoms with Crippen LogP contribution in [0.2, 0.25) is 0 Å². The van der Waals surface area contributed by atoms with Gasteiger partial charge in [0.25, 0.3) is 0 Å². The van der Waals surface area contributed by atoms with Crippen LogP contribution in [0.15, 0.2) is 35.6 Å². The zero-order chi connectivity index (χ0) is 17.5. The Morgan fingerprint density at radius 1 is 1.32 bits per heavy atom. The van der Waals surface area contributed by atoms with E-state index in [-0.39, 0.29) is 0 Å². The van der Waals surface area contributed by atoms with E-state index in [1.54, 1.807) is 11.3 Å². The Balaban J connectivity index is 1.41. The highest BCUT2D eigenvalue weighted by Crippen LogP contribution is 2.13. The van der Waals surface area contributed by atoms with Gasteiger partial charge in [0.2, 0.25) is 0 Å². The molecule has 3 rings (SSSR count). The molecule has 2 aromatic heterocycles. The van der Waals surface area contributed by atoms with E-state index in [0.29, 0.717) is 6.04 Å². The van der Waals surface area contributed by atoms with Gasteiger partial charge in [0.15, 0.2) is 5.96 Å². The highest BCUT2D eigenvalue weighted by molar-refractivity contribution is 7.11. The number of pyridine rings is 1. The summed E-state index contributed by atoms with van der Waals surface area (Å²) in [5.74, 6) is 0.857. The Hall–Kier alpha value is -1.99. The molecular formula is C18H26N6S. The fourth-order valence-corrected chi connectivity index (χ4v) is 3.71. The number of rotatable bonds is 5. The van der Waals surface area contributed by atoms with Gasteiger partial charge in [0, 0.05) is 50.0 Å². The van der Waals surface area contributed by atoms with Crippen molar-refractivity contribution in [3.05, 3.63) is 46.2 Å². The van der Waals surface area contributed by atoms with E-state index in [1.165, 1.54) is 4.88 Å². The average molecular weight is 359 g/mol. The Morgan fingerprint density at radius 2 is 2.16 bits per heavy atom. The average Bonchev–Trinajstić information content (AvgIpc) is 3.06. The predicted molar refractivity (Wildman–Crippen MR) is 103 cm³/mol. The van der Waals surface area contributed by atoms with Crippen LogP contribution in [0.25, 0.3) is 0 Å². The van der Waals surface area contributed by atoms with Crippen LogP contribution in [-0.2, 0) is 13.1 Å². The van der Waals surface area contributed by atoms with Crippen molar-refractivity contribution in [3.63, 3.8) is 0 Å². The second-order valence-electron chi connectivity index (χ2n) is 6.31. The molecule has 1 fully saturated rings. The number of aryl methyl sites for hydroxylation is 1. The second-order valence-corrected chi connectivity index (χ2v) is 7.63. The SMILES string of the molecule is CN=C(NCc1ncc(C)s1)NC1CCN(Cc2ccccn2)CC1. The molecule has 1 aliphatic rings. The molecule has 25 heavy (non-hydrogen) atoms. The van der Waals surface area contributed by atoms with Gasteiger partial charge in [-0.2, -0.15) is 0 Å². The summed E-state index contributed by atoms with van der Waals surface area (Å²) in [6, 6.07) is 6.57. The minimum atomic E-state index is 0.462. The Kier molecular flexibility index (Phi) is 6.36. The lowest BCUT2D eigenvalue weighted by atomic mass is 10.1. The van der Waals surface area contributed by atoms with E-state index in [1.807, 2.05) is 25.5 Å². The van der Waals surface area contributed by atoms with Gasteiger partial charge in [-0.05, 0) is 31.9 Å². The number of thiazole rings is 1. The van der Waals surface area contributed by atoms with Crippen LogP contribution in [0.1, 0.15) is 28.4 Å². The van der Waals surface area contributed by atoms with Crippen molar-refractivity contribution < 1.29 is 0 Å². The van der Waals surface area contributed by atoms with Crippen molar-refractivity contribution in [2.24, 2.45) is 4.99 Å². The van der Waals surface area contributed by atoms with Gasteiger partial charge < -0.3 is 10.6 Å². The molecule has 0 atom stereocenters. The zero-order valence-corrected chi connectivity index (χ0v) is 15.7. The first-order chi connectivity index (χ1) is 12.2. The first kappa shape index (κ1) is 17.8. The highest BCUT2D eigenvalue weighted by atomic mass is 32.1. The van der Waals surface area contributed by atoms with Crippen LogP contribution in [-0.4, -0.2) is 47.0 Å². The van der Waals surface area contributed by atoms with Crippen molar-refractivity contribution >= 4 is 17.3 Å². The monoisotopic (exact) mass is 358 g/mol. The smallest absolute Gasteiger partial charge is 0.191 e. The van der Waals surface area contributed by atoms with E-state index < -0.39 is 0 Å². The van der Waals surface area contributed by atoms with E-state index in [0.717, 1.165) is 55.7 Å². The summed E-state index contributed by atoms with van der Waals surface area (Å²) in [6.07, 6.45) is 6.01. The van der Waals surface area contributed by atoms with Crippen LogP contribution >= 0.6 is 11.3 Å². The molecule has 0 unspecified atom stereocenters. The van der Waals surface area contributed by atoms with Crippen molar-refractivity contribution in [2.75, 3.05) is 20.1 Å². The van der Waals surface area contributed by atoms with Crippen molar-refractivity contribution in [1.29, 1.82) is 0 Å². The van der Waals surface area contributed by atoms with Crippen molar-refractivity contribution in [2.45, 2.75) is 38.9 Å². The van der Waals surface area contributed by atoms with Gasteiger partial charge in [-0.1, -0.05) is 6.07 Å². The molecule has 0 saturated carbocycles. The molecule has 7 heteroatoms. The number of hydrogen-bond donors (Lipinski definition) is 2. The lowest BCUT2D eigenvalue weighted by Gasteiger charge is -2.32. The van der Waals surface area contributed by atoms with Crippen molar-refractivity contribution in [1.82, 2.24) is 25.5 Å². The third-order valence-corrected chi connectivity index (χ3v) is 5.25. The molecule has 0 radical (unpaired) electrons. The minimum absolute atomic E-state index is 0.462. The van der Waals surface area contributed by atoms with Crippen LogP contribution in [0.5, 0.6) is 0 Å². The van der Waals surface area contributed by atoms with Gasteiger partial charge in [-0.3, -0.25) is 14.9 Å². The number of nitrogens with one attached hydrogen (secondary N) is 2. The van der Waals surface area contributed by atoms with Crippen LogP contribution < -0.4 is 10.6 Å². The van der Waals surface area contributed by atoms with E-state index >= 15 is 0 Å². The molecule has 2 aromatic rings. The van der Waals surface area contributed by atoms with E-state index in [9.17, 15) is 0 Å². The number of aromatic nitrogens is 2. The number of aliphatic imine (C=N–C) groups is 1. The maximum atomic E-state index is 4.42. The quantitative estimate of drug-likeness (QED) is 0.633. The zero-order valence-electron chi connectivity index (χ0n) is 14.9. The van der Waals surface area contributed by atoms with Gasteiger partial charge in [0.05, 0.1) is 12.2 Å². The van der Waals surface area contributed by atoms with E-state index in [2.05, 4.69) is 49.6 Å². The molecular weight excluding hydrogens is 332 g/mol. The fourth-order valence-electron chi connectivity index (χ4n) is 2.99. The number of guanidine groups is 1. The number of hydrogen-bond acceptors (Lipinski definition) is 5. The molecule has 3 heterocycles. The van der Waals surface area contributed by atoms with E-state index in [4.69, 9.17) is 0 Å². The summed E-state index contributed by atoms with van der Waals surface area (Å²) in [5.41, 5.74) is 1.14. The van der Waals surface area contributed by atoms with Crippen LogP contribution in [0.3, 0.4) is 0 Å². The molecule has 0 bridgehead atoms. The lowest BCUT2D eigenvalue weighted by molar-refractivity contribution is 0.196. The third kappa shape index (κ3) is 5.51. The highest BCUT2D eigenvalue weighted by Gasteiger charge is 2.20. The maximum absolute atomic E-state index is 4.42. The summed E-state index contributed by atoms with van der Waals surface area (Å²) in [5, 5.41) is 7.99. The maximum Gasteiger partial charge on any atom is 0.191 e. The molecule has 0 spiro atoms. The normalized spacial score (nSPS) is 16.8. The molecule has 6 nitrogen and oxygen atoms in total. The van der Waals surface area contributed by atoms with Gasteiger partial charge in [-0.15, -0.1) is 11.3 Å². The lowest BCUT2D eigenvalue weighted by Crippen LogP contribution is -2.48. The molecule has 1 saturated heterocycles. The van der Waals surface area contributed by atoms with Gasteiger partial charge in [0.1, 0.15) is 5.01 Å². The molecule has 0 aromatic carbocycles. The fraction of sp³-hybridized carbons (Fsp3) is 0.500. The molecule has 134 valence electrons. The molecule has 0 aliphatic carbocycles. The van der Waals surface area contributed by atoms with Crippen LogP contribution in [0, 0.1) is 6.92 Å². The van der Waals surface area contributed by atoms with Crippen molar-refractivity contribution in [3.8, 4) is 0 Å². The number of nitrogens with zero attached hydrogens (tertiary/aromatic N) is 4. The summed E-state index contributed by atoms with van der Waals surface area (Å²) in [4.78, 5) is 16.8. The number of likely N-dealkylation sites (tertiary alicyclic amines) is 1. The Labute approximate surface area is 153 Å². The topological polar surface area (TPSA) is 65.4 Å². The predicted octanol–water partition coefficient (Wildman–Crippen LogP) is 2.18. The summed E-state index contributed by atoms with van der Waals surface area (Å²) in [6.45, 7) is 5.89. The molecule has 0 amide bonds. The summed E-state index contributed by atoms with van der Waals surface area (Å²) >= 11 is 1.72.